The number of carbonyl (C=O) groups excluding carboxylic acids is 2. The molecule has 3 aromatic carbocycles. The molecule has 0 aromatic heterocycles. The minimum absolute atomic E-state index is 0.0122. The van der Waals surface area contributed by atoms with Gasteiger partial charge in [0.1, 0.15) is 11.8 Å². The normalized spacial score (nSPS) is 12.5. The molecule has 1 N–H and O–H groups in total. The summed E-state index contributed by atoms with van der Waals surface area (Å²) in [5, 5.41) is 3.61. The Balaban J connectivity index is 1.91. The lowest BCUT2D eigenvalue weighted by atomic mass is 10.0. The predicted octanol–water partition coefficient (Wildman–Crippen LogP) is 5.58. The van der Waals surface area contributed by atoms with Gasteiger partial charge in [0.15, 0.2) is 6.61 Å². The molecule has 5 nitrogen and oxygen atoms in total. The topological polar surface area (TPSA) is 58.6 Å². The molecule has 2 atom stereocenters. The number of benzene rings is 3. The summed E-state index contributed by atoms with van der Waals surface area (Å²) in [5.74, 6) is 0.120. The van der Waals surface area contributed by atoms with E-state index in [1.54, 1.807) is 11.0 Å². The van der Waals surface area contributed by atoms with E-state index in [0.29, 0.717) is 17.2 Å². The van der Waals surface area contributed by atoms with E-state index in [9.17, 15) is 9.59 Å². The number of hydrogen-bond acceptors (Lipinski definition) is 3. The molecule has 2 amide bonds. The first kappa shape index (κ1) is 26.3. The molecular weight excluding hydrogens is 460 g/mol. The van der Waals surface area contributed by atoms with Crippen LogP contribution in [0.1, 0.15) is 37.0 Å². The second-order valence-corrected chi connectivity index (χ2v) is 9.15. The number of ether oxygens (including phenoxy) is 1. The first-order valence-corrected chi connectivity index (χ1v) is 12.3. The van der Waals surface area contributed by atoms with Crippen LogP contribution in [0.5, 0.6) is 5.75 Å². The van der Waals surface area contributed by atoms with Gasteiger partial charge in [0.05, 0.1) is 0 Å². The van der Waals surface area contributed by atoms with Crippen molar-refractivity contribution < 1.29 is 14.3 Å². The Morgan fingerprint density at radius 3 is 2.29 bits per heavy atom. The monoisotopic (exact) mass is 492 g/mol. The zero-order chi connectivity index (χ0) is 25.2. The average Bonchev–Trinajstić information content (AvgIpc) is 2.87. The van der Waals surface area contributed by atoms with Crippen molar-refractivity contribution in [1.29, 1.82) is 0 Å². The highest BCUT2D eigenvalue weighted by Gasteiger charge is 2.31. The van der Waals surface area contributed by atoms with Crippen LogP contribution in [0.4, 0.5) is 0 Å². The summed E-state index contributed by atoms with van der Waals surface area (Å²) in [4.78, 5) is 28.6. The summed E-state index contributed by atoms with van der Waals surface area (Å²) >= 11 is 6.44. The third kappa shape index (κ3) is 7.86. The Kier molecular flexibility index (Phi) is 9.74. The lowest BCUT2D eigenvalue weighted by Gasteiger charge is -2.32. The smallest absolute Gasteiger partial charge is 0.261 e. The van der Waals surface area contributed by atoms with Crippen molar-refractivity contribution in [3.63, 3.8) is 0 Å². The van der Waals surface area contributed by atoms with Gasteiger partial charge in [0.25, 0.3) is 5.91 Å². The summed E-state index contributed by atoms with van der Waals surface area (Å²) in [6.07, 6.45) is 1.17. The van der Waals surface area contributed by atoms with E-state index in [1.807, 2.05) is 93.6 Å². The fourth-order valence-electron chi connectivity index (χ4n) is 3.67. The van der Waals surface area contributed by atoms with E-state index in [2.05, 4.69) is 5.32 Å². The summed E-state index contributed by atoms with van der Waals surface area (Å²) in [5.41, 5.74) is 2.84. The number of halogens is 1. The lowest BCUT2D eigenvalue weighted by Crippen LogP contribution is -2.53. The van der Waals surface area contributed by atoms with Gasteiger partial charge >= 0.3 is 0 Å². The Morgan fingerprint density at radius 1 is 0.971 bits per heavy atom. The van der Waals surface area contributed by atoms with Crippen molar-refractivity contribution in [2.75, 3.05) is 6.61 Å². The van der Waals surface area contributed by atoms with Gasteiger partial charge in [-0.2, -0.15) is 0 Å². The molecule has 3 rings (SSSR count). The van der Waals surface area contributed by atoms with Crippen molar-refractivity contribution >= 4 is 23.4 Å². The van der Waals surface area contributed by atoms with Gasteiger partial charge in [-0.3, -0.25) is 9.59 Å². The molecule has 0 saturated heterocycles. The minimum atomic E-state index is -0.725. The van der Waals surface area contributed by atoms with Gasteiger partial charge in [-0.15, -0.1) is 0 Å². The molecule has 0 heterocycles. The van der Waals surface area contributed by atoms with Gasteiger partial charge < -0.3 is 15.0 Å². The van der Waals surface area contributed by atoms with Crippen molar-refractivity contribution in [1.82, 2.24) is 10.2 Å². The third-order valence-corrected chi connectivity index (χ3v) is 6.32. The van der Waals surface area contributed by atoms with Gasteiger partial charge in [-0.05, 0) is 49.6 Å². The van der Waals surface area contributed by atoms with Crippen LogP contribution in [0, 0.1) is 6.92 Å². The van der Waals surface area contributed by atoms with E-state index in [-0.39, 0.29) is 31.0 Å². The summed E-state index contributed by atoms with van der Waals surface area (Å²) in [6.45, 7) is 5.97. The molecule has 0 radical (unpaired) electrons. The maximum absolute atomic E-state index is 13.6. The van der Waals surface area contributed by atoms with E-state index in [0.717, 1.165) is 23.1 Å². The van der Waals surface area contributed by atoms with E-state index in [1.165, 1.54) is 0 Å². The largest absolute Gasteiger partial charge is 0.484 e. The average molecular weight is 493 g/mol. The molecule has 0 fully saturated rings. The SMILES string of the molecule is CC[C@@H](C)NC(=O)[C@@H](Cc1ccccc1)N(Cc1ccccc1Cl)C(=O)COc1ccc(C)cc1. The van der Waals surface area contributed by atoms with E-state index in [4.69, 9.17) is 16.3 Å². The Labute approximate surface area is 213 Å². The van der Waals surface area contributed by atoms with Gasteiger partial charge in [-0.1, -0.05) is 84.8 Å². The molecule has 184 valence electrons. The van der Waals surface area contributed by atoms with Gasteiger partial charge in [-0.25, -0.2) is 0 Å². The van der Waals surface area contributed by atoms with Crippen LogP contribution in [0.15, 0.2) is 78.9 Å². The Hall–Kier alpha value is -3.31. The van der Waals surface area contributed by atoms with Crippen LogP contribution in [0.25, 0.3) is 0 Å². The first-order chi connectivity index (χ1) is 16.9. The highest BCUT2D eigenvalue weighted by atomic mass is 35.5. The Bertz CT molecular complexity index is 1100. The van der Waals surface area contributed by atoms with Crippen molar-refractivity contribution in [2.45, 2.75) is 52.2 Å². The maximum atomic E-state index is 13.6. The van der Waals surface area contributed by atoms with Crippen LogP contribution >= 0.6 is 11.6 Å². The molecular formula is C29H33ClN2O3. The number of hydrogen-bond donors (Lipinski definition) is 1. The summed E-state index contributed by atoms with van der Waals surface area (Å²) in [7, 11) is 0. The van der Waals surface area contributed by atoms with Crippen LogP contribution in [-0.2, 0) is 22.6 Å². The molecule has 0 unspecified atom stereocenters. The molecule has 6 heteroatoms. The number of nitrogens with one attached hydrogen (secondary N) is 1. The van der Waals surface area contributed by atoms with Crippen LogP contribution in [-0.4, -0.2) is 35.4 Å². The highest BCUT2D eigenvalue weighted by molar-refractivity contribution is 6.31. The maximum Gasteiger partial charge on any atom is 0.261 e. The number of rotatable bonds is 11. The number of aryl methyl sites for hydroxylation is 1. The zero-order valence-corrected chi connectivity index (χ0v) is 21.3. The van der Waals surface area contributed by atoms with E-state index >= 15 is 0 Å². The van der Waals surface area contributed by atoms with Crippen LogP contribution in [0.2, 0.25) is 5.02 Å². The van der Waals surface area contributed by atoms with E-state index < -0.39 is 6.04 Å². The summed E-state index contributed by atoms with van der Waals surface area (Å²) < 4.78 is 5.80. The first-order valence-electron chi connectivity index (χ1n) is 11.9. The number of nitrogens with zero attached hydrogens (tertiary/aromatic N) is 1. The molecule has 35 heavy (non-hydrogen) atoms. The quantitative estimate of drug-likeness (QED) is 0.380. The molecule has 3 aromatic rings. The highest BCUT2D eigenvalue weighted by Crippen LogP contribution is 2.21. The van der Waals surface area contributed by atoms with Crippen molar-refractivity contribution in [3.8, 4) is 5.75 Å². The standard InChI is InChI=1S/C29H33ClN2O3/c1-4-22(3)31-29(34)27(18-23-10-6-5-7-11-23)32(19-24-12-8-9-13-26(24)30)28(33)20-35-25-16-14-21(2)15-17-25/h5-17,22,27H,4,18-20H2,1-3H3,(H,31,34)/t22-,27-/m1/s1. The van der Waals surface area contributed by atoms with Gasteiger partial charge in [0, 0.05) is 24.0 Å². The Morgan fingerprint density at radius 2 is 1.63 bits per heavy atom. The summed E-state index contributed by atoms with van der Waals surface area (Å²) in [6, 6.07) is 23.9. The molecule has 0 aliphatic rings. The molecule has 0 saturated carbocycles. The number of carbonyl (C=O) groups is 2. The molecule has 0 spiro atoms. The van der Waals surface area contributed by atoms with Crippen molar-refractivity contribution in [2.24, 2.45) is 0 Å². The fraction of sp³-hybridized carbons (Fsp3) is 0.310. The van der Waals surface area contributed by atoms with Crippen LogP contribution in [0.3, 0.4) is 0 Å². The molecule has 0 aliphatic heterocycles. The van der Waals surface area contributed by atoms with Gasteiger partial charge in [0.2, 0.25) is 5.91 Å². The zero-order valence-electron chi connectivity index (χ0n) is 20.5. The lowest BCUT2D eigenvalue weighted by molar-refractivity contribution is -0.143. The minimum Gasteiger partial charge on any atom is -0.484 e. The molecule has 0 aliphatic carbocycles. The third-order valence-electron chi connectivity index (χ3n) is 5.95. The second-order valence-electron chi connectivity index (χ2n) is 8.74. The fourth-order valence-corrected chi connectivity index (χ4v) is 3.86. The molecule has 0 bridgehead atoms. The van der Waals surface area contributed by atoms with Crippen LogP contribution < -0.4 is 10.1 Å². The second kappa shape index (κ2) is 13.0. The number of amides is 2. The van der Waals surface area contributed by atoms with Crippen molar-refractivity contribution in [3.05, 3.63) is 101 Å². The predicted molar refractivity (Wildman–Crippen MR) is 141 cm³/mol.